The second kappa shape index (κ2) is 3.69. The van der Waals surface area contributed by atoms with E-state index in [1.165, 1.54) is 0 Å². The molecule has 0 bridgehead atoms. The summed E-state index contributed by atoms with van der Waals surface area (Å²) in [6.45, 7) is 0.135. The van der Waals surface area contributed by atoms with Crippen molar-refractivity contribution >= 4 is 23.2 Å². The molecule has 0 atom stereocenters. The Kier molecular flexibility index (Phi) is 2.69. The van der Waals surface area contributed by atoms with Gasteiger partial charge in [-0.1, -0.05) is 29.6 Å². The van der Waals surface area contributed by atoms with E-state index in [4.69, 9.17) is 23.2 Å². The van der Waals surface area contributed by atoms with Gasteiger partial charge in [-0.2, -0.15) is 0 Å². The monoisotopic (exact) mass is 231 g/mol. The van der Waals surface area contributed by atoms with Crippen molar-refractivity contribution in [3.05, 3.63) is 28.0 Å². The molecule has 0 amide bonds. The predicted molar refractivity (Wildman–Crippen MR) is 56.9 cm³/mol. The quantitative estimate of drug-likeness (QED) is 0.795. The van der Waals surface area contributed by atoms with E-state index in [2.05, 4.69) is 4.98 Å². The minimum absolute atomic E-state index is 0.135. The minimum Gasteiger partial charge on any atom is -0.395 e. The van der Waals surface area contributed by atoms with Crippen molar-refractivity contribution in [3.8, 4) is 0 Å². The summed E-state index contributed by atoms with van der Waals surface area (Å²) in [7, 11) is 0. The fraction of sp³-hybridized carbons (Fsp3) is 0.500. The highest BCUT2D eigenvalue weighted by atomic mass is 35.5. The predicted octanol–water partition coefficient (Wildman–Crippen LogP) is 2.80. The van der Waals surface area contributed by atoms with Crippen molar-refractivity contribution < 1.29 is 5.11 Å². The highest BCUT2D eigenvalue weighted by Crippen LogP contribution is 2.45. The second-order valence-corrected chi connectivity index (χ2v) is 4.57. The lowest BCUT2D eigenvalue weighted by molar-refractivity contribution is 0.120. The Morgan fingerprint density at radius 2 is 2.14 bits per heavy atom. The lowest BCUT2D eigenvalue weighted by Crippen LogP contribution is -2.38. The molecule has 1 aliphatic rings. The SMILES string of the molecule is OCC1(c2cnc(Cl)cc2Cl)CCC1. The summed E-state index contributed by atoms with van der Waals surface area (Å²) < 4.78 is 0. The number of hydrogen-bond acceptors (Lipinski definition) is 2. The van der Waals surface area contributed by atoms with Gasteiger partial charge in [-0.25, -0.2) is 4.98 Å². The molecule has 14 heavy (non-hydrogen) atoms. The van der Waals surface area contributed by atoms with Crippen LogP contribution in [-0.2, 0) is 5.41 Å². The zero-order valence-electron chi connectivity index (χ0n) is 7.63. The first-order chi connectivity index (χ1) is 6.68. The molecule has 4 heteroatoms. The summed E-state index contributed by atoms with van der Waals surface area (Å²) in [4.78, 5) is 4.01. The first-order valence-corrected chi connectivity index (χ1v) is 5.36. The van der Waals surface area contributed by atoms with Crippen molar-refractivity contribution in [2.75, 3.05) is 6.61 Å². The Morgan fingerprint density at radius 1 is 1.43 bits per heavy atom. The summed E-state index contributed by atoms with van der Waals surface area (Å²) in [6.07, 6.45) is 4.78. The van der Waals surface area contributed by atoms with Gasteiger partial charge in [-0.3, -0.25) is 0 Å². The third kappa shape index (κ3) is 1.52. The van der Waals surface area contributed by atoms with E-state index in [1.54, 1.807) is 12.3 Å². The first kappa shape index (κ1) is 10.2. The van der Waals surface area contributed by atoms with Gasteiger partial charge in [0.1, 0.15) is 5.15 Å². The number of aliphatic hydroxyl groups is 1. The smallest absolute Gasteiger partial charge is 0.130 e. The van der Waals surface area contributed by atoms with Crippen LogP contribution in [0.5, 0.6) is 0 Å². The van der Waals surface area contributed by atoms with E-state index in [1.807, 2.05) is 0 Å². The van der Waals surface area contributed by atoms with Crippen LogP contribution in [-0.4, -0.2) is 16.7 Å². The van der Waals surface area contributed by atoms with E-state index in [9.17, 15) is 5.11 Å². The lowest BCUT2D eigenvalue weighted by Gasteiger charge is -2.41. The highest BCUT2D eigenvalue weighted by molar-refractivity contribution is 6.34. The van der Waals surface area contributed by atoms with Gasteiger partial charge in [0, 0.05) is 16.6 Å². The van der Waals surface area contributed by atoms with Crippen LogP contribution in [0.1, 0.15) is 24.8 Å². The highest BCUT2D eigenvalue weighted by Gasteiger charge is 2.39. The molecule has 0 saturated heterocycles. The summed E-state index contributed by atoms with van der Waals surface area (Å²) in [6, 6.07) is 1.63. The number of aliphatic hydroxyl groups excluding tert-OH is 1. The van der Waals surface area contributed by atoms with Crippen molar-refractivity contribution in [2.45, 2.75) is 24.7 Å². The Labute approximate surface area is 92.9 Å². The molecule has 1 heterocycles. The van der Waals surface area contributed by atoms with E-state index in [0.29, 0.717) is 10.2 Å². The van der Waals surface area contributed by atoms with Gasteiger partial charge in [-0.15, -0.1) is 0 Å². The van der Waals surface area contributed by atoms with Crippen LogP contribution in [0.25, 0.3) is 0 Å². The molecule has 1 aliphatic carbocycles. The number of aromatic nitrogens is 1. The number of halogens is 2. The number of hydrogen-bond donors (Lipinski definition) is 1. The van der Waals surface area contributed by atoms with Crippen LogP contribution in [0.3, 0.4) is 0 Å². The van der Waals surface area contributed by atoms with Gasteiger partial charge in [-0.05, 0) is 24.5 Å². The maximum absolute atomic E-state index is 9.36. The van der Waals surface area contributed by atoms with Gasteiger partial charge in [0.2, 0.25) is 0 Å². The third-order valence-electron chi connectivity index (χ3n) is 3.00. The molecule has 1 N–H and O–H groups in total. The summed E-state index contributed by atoms with van der Waals surface area (Å²) in [5.74, 6) is 0. The Morgan fingerprint density at radius 3 is 2.57 bits per heavy atom. The molecule has 0 unspecified atom stereocenters. The minimum atomic E-state index is -0.158. The van der Waals surface area contributed by atoms with E-state index < -0.39 is 0 Å². The molecule has 0 aromatic carbocycles. The van der Waals surface area contributed by atoms with Crippen LogP contribution in [0, 0.1) is 0 Å². The molecular formula is C10H11Cl2NO. The maximum atomic E-state index is 9.36. The standard InChI is InChI=1S/C10H11Cl2NO/c11-8-4-9(12)13-5-7(8)10(6-14)2-1-3-10/h4-5,14H,1-3,6H2. The average molecular weight is 232 g/mol. The van der Waals surface area contributed by atoms with Crippen LogP contribution < -0.4 is 0 Å². The molecule has 1 fully saturated rings. The van der Waals surface area contributed by atoms with Gasteiger partial charge < -0.3 is 5.11 Å². The van der Waals surface area contributed by atoms with Gasteiger partial charge in [0.25, 0.3) is 0 Å². The second-order valence-electron chi connectivity index (χ2n) is 3.78. The first-order valence-electron chi connectivity index (χ1n) is 4.60. The number of pyridine rings is 1. The van der Waals surface area contributed by atoms with Crippen LogP contribution in [0.4, 0.5) is 0 Å². The summed E-state index contributed by atoms with van der Waals surface area (Å²) >= 11 is 11.8. The van der Waals surface area contributed by atoms with Crippen LogP contribution >= 0.6 is 23.2 Å². The van der Waals surface area contributed by atoms with E-state index in [-0.39, 0.29) is 12.0 Å². The fourth-order valence-corrected chi connectivity index (χ4v) is 2.48. The zero-order valence-corrected chi connectivity index (χ0v) is 9.15. The third-order valence-corrected chi connectivity index (χ3v) is 3.52. The van der Waals surface area contributed by atoms with Gasteiger partial charge in [0.15, 0.2) is 0 Å². The molecule has 2 nitrogen and oxygen atoms in total. The molecule has 1 saturated carbocycles. The van der Waals surface area contributed by atoms with Crippen LogP contribution in [0.2, 0.25) is 10.2 Å². The van der Waals surface area contributed by atoms with Gasteiger partial charge in [0.05, 0.1) is 6.61 Å². The van der Waals surface area contributed by atoms with Crippen LogP contribution in [0.15, 0.2) is 12.3 Å². The van der Waals surface area contributed by atoms with Crippen molar-refractivity contribution in [3.63, 3.8) is 0 Å². The molecule has 2 rings (SSSR count). The Hall–Kier alpha value is -0.310. The number of nitrogens with zero attached hydrogens (tertiary/aromatic N) is 1. The maximum Gasteiger partial charge on any atom is 0.130 e. The van der Waals surface area contributed by atoms with E-state index >= 15 is 0 Å². The van der Waals surface area contributed by atoms with Crippen molar-refractivity contribution in [1.29, 1.82) is 0 Å². The Balaban J connectivity index is 2.40. The summed E-state index contributed by atoms with van der Waals surface area (Å²) in [5, 5.41) is 10.4. The normalized spacial score (nSPS) is 19.1. The average Bonchev–Trinajstić information content (AvgIpc) is 2.07. The Bertz CT molecular complexity index is 344. The zero-order chi connectivity index (χ0) is 10.2. The molecule has 76 valence electrons. The molecule has 0 aliphatic heterocycles. The lowest BCUT2D eigenvalue weighted by atomic mass is 9.65. The topological polar surface area (TPSA) is 33.1 Å². The molecule has 0 spiro atoms. The largest absolute Gasteiger partial charge is 0.395 e. The molecular weight excluding hydrogens is 221 g/mol. The summed E-state index contributed by atoms with van der Waals surface area (Å²) in [5.41, 5.74) is 0.770. The van der Waals surface area contributed by atoms with Crippen molar-refractivity contribution in [2.24, 2.45) is 0 Å². The molecule has 1 aromatic rings. The van der Waals surface area contributed by atoms with Gasteiger partial charge >= 0.3 is 0 Å². The van der Waals surface area contributed by atoms with Crippen molar-refractivity contribution in [1.82, 2.24) is 4.98 Å². The number of rotatable bonds is 2. The molecule has 0 radical (unpaired) electrons. The molecule has 1 aromatic heterocycles. The fourth-order valence-electron chi connectivity index (χ4n) is 1.91. The van der Waals surface area contributed by atoms with E-state index in [0.717, 1.165) is 24.8 Å².